The Morgan fingerprint density at radius 2 is 1.88 bits per heavy atom. The van der Waals surface area contributed by atoms with E-state index in [2.05, 4.69) is 52.4 Å². The highest BCUT2D eigenvalue weighted by Crippen LogP contribution is 2.65. The van der Waals surface area contributed by atoms with Gasteiger partial charge in [-0.2, -0.15) is 0 Å². The lowest BCUT2D eigenvalue weighted by molar-refractivity contribution is -0.128. The van der Waals surface area contributed by atoms with E-state index in [0.717, 1.165) is 24.8 Å². The summed E-state index contributed by atoms with van der Waals surface area (Å²) in [5.74, 6) is 2.33. The molecule has 130 valence electrons. The molecule has 0 heterocycles. The zero-order valence-corrected chi connectivity index (χ0v) is 16.1. The van der Waals surface area contributed by atoms with E-state index < -0.39 is 0 Å². The van der Waals surface area contributed by atoms with Crippen LogP contribution in [0.3, 0.4) is 0 Å². The summed E-state index contributed by atoms with van der Waals surface area (Å²) in [5, 5.41) is 3.21. The Bertz CT molecular complexity index is 600. The number of carbonyl (C=O) groups excluding carboxylic acids is 1. The van der Waals surface area contributed by atoms with Crippen molar-refractivity contribution >= 4 is 21.8 Å². The molecule has 24 heavy (non-hydrogen) atoms. The van der Waals surface area contributed by atoms with E-state index >= 15 is 0 Å². The van der Waals surface area contributed by atoms with Gasteiger partial charge in [0.2, 0.25) is 5.91 Å². The lowest BCUT2D eigenvalue weighted by Gasteiger charge is -2.60. The predicted octanol–water partition coefficient (Wildman–Crippen LogP) is 5.03. The summed E-state index contributed by atoms with van der Waals surface area (Å²) in [5.41, 5.74) is 1.57. The van der Waals surface area contributed by atoms with Gasteiger partial charge < -0.3 is 5.32 Å². The molecule has 4 aliphatic rings. The van der Waals surface area contributed by atoms with E-state index in [4.69, 9.17) is 0 Å². The van der Waals surface area contributed by atoms with Crippen LogP contribution >= 0.6 is 15.9 Å². The predicted molar refractivity (Wildman–Crippen MR) is 101 cm³/mol. The Labute approximate surface area is 153 Å². The van der Waals surface area contributed by atoms with E-state index in [1.807, 2.05) is 6.07 Å². The van der Waals surface area contributed by atoms with Gasteiger partial charge >= 0.3 is 0 Å². The fourth-order valence-electron chi connectivity index (χ4n) is 6.11. The Kier molecular flexibility index (Phi) is 4.27. The van der Waals surface area contributed by atoms with Crippen LogP contribution in [0.25, 0.3) is 0 Å². The number of alkyl halides is 1. The van der Waals surface area contributed by atoms with Gasteiger partial charge in [-0.15, -0.1) is 0 Å². The zero-order valence-electron chi connectivity index (χ0n) is 14.6. The number of amides is 1. The molecule has 0 spiro atoms. The topological polar surface area (TPSA) is 29.1 Å². The average Bonchev–Trinajstić information content (AvgIpc) is 2.50. The van der Waals surface area contributed by atoms with Crippen molar-refractivity contribution in [2.45, 2.75) is 62.1 Å². The third-order valence-corrected chi connectivity index (χ3v) is 7.55. The molecular weight excluding hydrogens is 362 g/mol. The van der Waals surface area contributed by atoms with E-state index in [-0.39, 0.29) is 11.3 Å². The van der Waals surface area contributed by atoms with Crippen LogP contribution in [-0.2, 0) is 4.79 Å². The Hall–Kier alpha value is -0.830. The van der Waals surface area contributed by atoms with Crippen molar-refractivity contribution in [1.82, 2.24) is 5.32 Å². The van der Waals surface area contributed by atoms with Gasteiger partial charge in [0.25, 0.3) is 0 Å². The quantitative estimate of drug-likeness (QED) is 0.702. The van der Waals surface area contributed by atoms with Crippen LogP contribution in [0.2, 0.25) is 0 Å². The second-order valence-corrected chi connectivity index (χ2v) is 10.6. The third-order valence-electron chi connectivity index (χ3n) is 6.62. The molecule has 4 fully saturated rings. The van der Waals surface area contributed by atoms with Crippen LogP contribution in [0, 0.1) is 17.3 Å². The Morgan fingerprint density at radius 3 is 2.50 bits per heavy atom. The van der Waals surface area contributed by atoms with Crippen molar-refractivity contribution in [2.24, 2.45) is 17.3 Å². The second-order valence-electron chi connectivity index (χ2n) is 8.90. The van der Waals surface area contributed by atoms with Crippen molar-refractivity contribution in [3.05, 3.63) is 35.9 Å². The van der Waals surface area contributed by atoms with Gasteiger partial charge in [0, 0.05) is 17.3 Å². The summed E-state index contributed by atoms with van der Waals surface area (Å²) in [7, 11) is 0. The lowest BCUT2D eigenvalue weighted by atomic mass is 9.48. The molecule has 4 aliphatic carbocycles. The highest BCUT2D eigenvalue weighted by Gasteiger charge is 2.57. The smallest absolute Gasteiger partial charge is 0.220 e. The van der Waals surface area contributed by atoms with Crippen LogP contribution < -0.4 is 5.32 Å². The SMILES string of the molecule is C[C@H](CNC(=O)CC12C[C@H]3C[C@@H](CC(Br)(C3)C1)C2)c1ccccc1. The normalized spacial score (nSPS) is 38.1. The summed E-state index contributed by atoms with van der Waals surface area (Å²) in [6.07, 6.45) is 8.55. The van der Waals surface area contributed by atoms with Gasteiger partial charge in [-0.3, -0.25) is 4.79 Å². The van der Waals surface area contributed by atoms with Crippen molar-refractivity contribution in [1.29, 1.82) is 0 Å². The first kappa shape index (κ1) is 16.6. The van der Waals surface area contributed by atoms with Gasteiger partial charge in [0.05, 0.1) is 0 Å². The fourth-order valence-corrected chi connectivity index (χ4v) is 7.62. The Morgan fingerprint density at radius 1 is 1.21 bits per heavy atom. The summed E-state index contributed by atoms with van der Waals surface area (Å²) in [4.78, 5) is 12.6. The summed E-state index contributed by atoms with van der Waals surface area (Å²) in [6, 6.07) is 10.5. The number of nitrogens with one attached hydrogen (secondary N) is 1. The van der Waals surface area contributed by atoms with Crippen molar-refractivity contribution in [3.63, 3.8) is 0 Å². The summed E-state index contributed by atoms with van der Waals surface area (Å²) < 4.78 is 0.342. The van der Waals surface area contributed by atoms with Gasteiger partial charge in [-0.1, -0.05) is 53.2 Å². The molecule has 0 radical (unpaired) electrons. The van der Waals surface area contributed by atoms with Crippen LogP contribution in [0.5, 0.6) is 0 Å². The highest BCUT2D eigenvalue weighted by atomic mass is 79.9. The lowest BCUT2D eigenvalue weighted by Crippen LogP contribution is -2.54. The number of carbonyl (C=O) groups is 1. The monoisotopic (exact) mass is 389 g/mol. The molecule has 2 nitrogen and oxygen atoms in total. The van der Waals surface area contributed by atoms with Crippen LogP contribution in [-0.4, -0.2) is 16.8 Å². The molecule has 0 aromatic heterocycles. The first-order valence-corrected chi connectivity index (χ1v) is 10.3. The maximum Gasteiger partial charge on any atom is 0.220 e. The molecule has 3 heteroatoms. The van der Waals surface area contributed by atoms with E-state index in [1.165, 1.54) is 44.1 Å². The first-order chi connectivity index (χ1) is 11.5. The summed E-state index contributed by atoms with van der Waals surface area (Å²) in [6.45, 7) is 2.93. The van der Waals surface area contributed by atoms with Crippen LogP contribution in [0.15, 0.2) is 30.3 Å². The average molecular weight is 390 g/mol. The van der Waals surface area contributed by atoms with Crippen molar-refractivity contribution in [2.75, 3.05) is 6.54 Å². The minimum atomic E-state index is 0.260. The third kappa shape index (κ3) is 3.29. The maximum absolute atomic E-state index is 12.6. The molecule has 4 saturated carbocycles. The number of halogens is 1. The molecule has 3 atom stereocenters. The molecular formula is C21H28BrNO. The molecule has 4 bridgehead atoms. The molecule has 0 unspecified atom stereocenters. The van der Waals surface area contributed by atoms with Crippen LogP contribution in [0.4, 0.5) is 0 Å². The van der Waals surface area contributed by atoms with Gasteiger partial charge in [-0.05, 0) is 67.3 Å². The summed E-state index contributed by atoms with van der Waals surface area (Å²) >= 11 is 4.04. The molecule has 1 aromatic carbocycles. The molecule has 1 N–H and O–H groups in total. The minimum absolute atomic E-state index is 0.260. The number of rotatable bonds is 5. The second kappa shape index (κ2) is 6.16. The highest BCUT2D eigenvalue weighted by molar-refractivity contribution is 9.10. The molecule has 5 rings (SSSR count). The standard InChI is InChI=1S/C21H28BrNO/c1-15(18-5-3-2-4-6-18)13-23-19(24)12-20-8-16-7-17(9-20)11-21(22,10-16)14-20/h2-6,15-17H,7-14H2,1H3,(H,23,24)/t15-,16-,17-,20?,21?/m1/s1. The number of hydrogen-bond acceptors (Lipinski definition) is 1. The number of hydrogen-bond donors (Lipinski definition) is 1. The fraction of sp³-hybridized carbons (Fsp3) is 0.667. The van der Waals surface area contributed by atoms with Gasteiger partial charge in [0.15, 0.2) is 0 Å². The van der Waals surface area contributed by atoms with E-state index in [9.17, 15) is 4.79 Å². The molecule has 0 aliphatic heterocycles. The maximum atomic E-state index is 12.6. The van der Waals surface area contributed by atoms with Crippen molar-refractivity contribution in [3.8, 4) is 0 Å². The van der Waals surface area contributed by atoms with Crippen molar-refractivity contribution < 1.29 is 4.79 Å². The van der Waals surface area contributed by atoms with Crippen LogP contribution in [0.1, 0.15) is 63.4 Å². The van der Waals surface area contributed by atoms with E-state index in [1.54, 1.807) is 0 Å². The zero-order chi connectivity index (χ0) is 16.8. The first-order valence-electron chi connectivity index (χ1n) is 9.46. The molecule has 0 saturated heterocycles. The van der Waals surface area contributed by atoms with Gasteiger partial charge in [0.1, 0.15) is 0 Å². The van der Waals surface area contributed by atoms with Gasteiger partial charge in [-0.25, -0.2) is 0 Å². The largest absolute Gasteiger partial charge is 0.355 e. The molecule has 1 amide bonds. The minimum Gasteiger partial charge on any atom is -0.355 e. The number of benzene rings is 1. The van der Waals surface area contributed by atoms with E-state index in [0.29, 0.717) is 10.2 Å². The molecule has 1 aromatic rings. The Balaban J connectivity index is 1.35.